The van der Waals surface area contributed by atoms with Crippen molar-refractivity contribution >= 4 is 65.1 Å². The number of aliphatic hydroxyl groups excluding tert-OH is 1. The molecule has 1 rings (SSSR count). The molecule has 1 fully saturated rings. The number of aliphatic carboxylic acids is 1. The number of hydrogen-bond acceptors (Lipinski definition) is 15. The molecule has 27 heteroatoms. The van der Waals surface area contributed by atoms with E-state index in [4.69, 9.17) is 40.1 Å². The topological polar surface area (TPSA) is 481 Å². The maximum absolute atomic E-state index is 14.3. The van der Waals surface area contributed by atoms with E-state index in [1.165, 1.54) is 18.7 Å². The van der Waals surface area contributed by atoms with E-state index in [1.54, 1.807) is 0 Å². The summed E-state index contributed by atoms with van der Waals surface area (Å²) in [5.41, 5.74) is 38.3. The number of likely N-dealkylation sites (tertiary alicyclic amines) is 1. The minimum absolute atomic E-state index is 0.0103. The molecule has 0 spiro atoms. The van der Waals surface area contributed by atoms with Crippen molar-refractivity contribution in [3.63, 3.8) is 0 Å². The number of amides is 9. The van der Waals surface area contributed by atoms with Gasteiger partial charge in [0.25, 0.3) is 0 Å². The fourth-order valence-corrected chi connectivity index (χ4v) is 6.92. The number of nitrogens with two attached hydrogens (primary N) is 7. The lowest BCUT2D eigenvalue weighted by Gasteiger charge is -2.31. The molecule has 0 aromatic rings. The molecule has 0 aromatic carbocycles. The molecular formula is C40H73N15O12. The number of aliphatic hydroxyl groups is 1. The van der Waals surface area contributed by atoms with Crippen molar-refractivity contribution < 1.29 is 58.2 Å². The molecule has 0 aliphatic carbocycles. The number of carboxylic acids is 1. The van der Waals surface area contributed by atoms with Crippen LogP contribution in [0.5, 0.6) is 0 Å². The largest absolute Gasteiger partial charge is 0.480 e. The van der Waals surface area contributed by atoms with E-state index in [9.17, 15) is 58.2 Å². The Hall–Kier alpha value is -6.19. The van der Waals surface area contributed by atoms with Gasteiger partial charge >= 0.3 is 5.97 Å². The number of carbonyl (C=O) groups is 10. The number of aliphatic imine (C=N–C) groups is 1. The number of carboxylic acid groups (broad SMARTS) is 1. The van der Waals surface area contributed by atoms with E-state index in [-0.39, 0.29) is 70.5 Å². The normalized spacial score (nSPS) is 16.9. The first-order chi connectivity index (χ1) is 31.5. The van der Waals surface area contributed by atoms with Gasteiger partial charge in [0.05, 0.1) is 12.1 Å². The minimum atomic E-state index is -1.60. The highest BCUT2D eigenvalue weighted by molar-refractivity contribution is 5.98. The molecule has 67 heavy (non-hydrogen) atoms. The Morgan fingerprint density at radius 2 is 1.07 bits per heavy atom. The number of guanidine groups is 1. The number of carbonyl (C=O) groups excluding carboxylic acids is 9. The molecule has 1 saturated heterocycles. The van der Waals surface area contributed by atoms with E-state index in [1.807, 2.05) is 0 Å². The van der Waals surface area contributed by atoms with Crippen LogP contribution < -0.4 is 72.0 Å². The number of nitrogens with zero attached hydrogens (tertiary/aromatic N) is 2. The van der Waals surface area contributed by atoms with Crippen LogP contribution in [-0.4, -0.2) is 161 Å². The third-order valence-electron chi connectivity index (χ3n) is 10.6. The highest BCUT2D eigenvalue weighted by Crippen LogP contribution is 2.21. The summed E-state index contributed by atoms with van der Waals surface area (Å²) in [6.45, 7) is 3.31. The van der Waals surface area contributed by atoms with Gasteiger partial charge in [0, 0.05) is 25.9 Å². The van der Waals surface area contributed by atoms with E-state index in [0.717, 1.165) is 0 Å². The zero-order valence-electron chi connectivity index (χ0n) is 38.3. The van der Waals surface area contributed by atoms with Gasteiger partial charge in [0.15, 0.2) is 5.96 Å². The van der Waals surface area contributed by atoms with Crippen LogP contribution in [0.2, 0.25) is 0 Å². The lowest BCUT2D eigenvalue weighted by atomic mass is 10.0. The average Bonchev–Trinajstić information content (AvgIpc) is 3.75. The molecule has 9 amide bonds. The van der Waals surface area contributed by atoms with Gasteiger partial charge in [0.1, 0.15) is 42.3 Å². The number of nitrogens with one attached hydrogen (secondary N) is 6. The molecule has 0 radical (unpaired) electrons. The summed E-state index contributed by atoms with van der Waals surface area (Å²) in [5.74, 6) is -9.27. The summed E-state index contributed by atoms with van der Waals surface area (Å²) in [7, 11) is 0. The van der Waals surface area contributed by atoms with Gasteiger partial charge in [-0.05, 0) is 104 Å². The van der Waals surface area contributed by atoms with Crippen molar-refractivity contribution in [2.75, 3.05) is 26.2 Å². The number of rotatable bonds is 33. The summed E-state index contributed by atoms with van der Waals surface area (Å²) < 4.78 is 0. The van der Waals surface area contributed by atoms with Crippen LogP contribution in [0.25, 0.3) is 0 Å². The van der Waals surface area contributed by atoms with Gasteiger partial charge in [-0.1, -0.05) is 0 Å². The number of unbranched alkanes of at least 4 members (excludes halogenated alkanes) is 2. The molecule has 9 unspecified atom stereocenters. The van der Waals surface area contributed by atoms with Gasteiger partial charge in [-0.2, -0.15) is 0 Å². The number of primary amides is 2. The second-order valence-corrected chi connectivity index (χ2v) is 16.4. The number of hydrogen-bond donors (Lipinski definition) is 15. The smallest absolute Gasteiger partial charge is 0.326 e. The molecule has 0 bridgehead atoms. The van der Waals surface area contributed by atoms with Gasteiger partial charge < -0.3 is 87.1 Å². The quantitative estimate of drug-likeness (QED) is 0.0165. The molecule has 1 aliphatic heterocycles. The van der Waals surface area contributed by atoms with Crippen LogP contribution in [-0.2, 0) is 47.9 Å². The molecule has 27 nitrogen and oxygen atoms in total. The van der Waals surface area contributed by atoms with E-state index >= 15 is 0 Å². The van der Waals surface area contributed by atoms with Crippen LogP contribution in [0.1, 0.15) is 104 Å². The summed E-state index contributed by atoms with van der Waals surface area (Å²) in [4.78, 5) is 135. The van der Waals surface area contributed by atoms with Gasteiger partial charge in [-0.3, -0.25) is 48.1 Å². The summed E-state index contributed by atoms with van der Waals surface area (Å²) >= 11 is 0. The summed E-state index contributed by atoms with van der Waals surface area (Å²) in [6.07, 6.45) is -0.681. The van der Waals surface area contributed by atoms with Crippen LogP contribution in [0.3, 0.4) is 0 Å². The van der Waals surface area contributed by atoms with E-state index < -0.39 is 126 Å². The summed E-state index contributed by atoms with van der Waals surface area (Å²) in [6, 6.07) is -10.7. The first-order valence-corrected chi connectivity index (χ1v) is 22.4. The third-order valence-corrected chi connectivity index (χ3v) is 10.6. The van der Waals surface area contributed by atoms with E-state index in [0.29, 0.717) is 38.6 Å². The third kappa shape index (κ3) is 22.2. The monoisotopic (exact) mass is 956 g/mol. The highest BCUT2D eigenvalue weighted by atomic mass is 16.4. The lowest BCUT2D eigenvalue weighted by molar-refractivity contribution is -0.143. The van der Waals surface area contributed by atoms with Crippen LogP contribution in [0.15, 0.2) is 4.99 Å². The fraction of sp³-hybridized carbons (Fsp3) is 0.725. The molecule has 1 heterocycles. The molecule has 1 aliphatic rings. The Bertz CT molecular complexity index is 1730. The summed E-state index contributed by atoms with van der Waals surface area (Å²) in [5, 5.41) is 35.2. The standard InChI is InChI=1S/C40H73N15O12/c1-21(43)32(59)49-23(9-3-5-17-41)35(62)54-31(22(2)56)37(64)52-26(10-4-6-18-42)38(65)55-20-8-12-28(55)36(63)51-24(11-7-19-48-40(46)47)33(60)50-25(13-15-29(44)57)34(61)53-27(39(66)67)14-16-30(45)58/h21-28,31,56H,3-20,41-43H2,1-2H3,(H2,44,57)(H2,45,58)(H,49,59)(H,50,60)(H,51,63)(H,52,64)(H,53,61)(H,54,62)(H,66,67)(H4,46,47,48). The maximum Gasteiger partial charge on any atom is 0.326 e. The van der Waals surface area contributed by atoms with Crippen molar-refractivity contribution in [2.45, 2.75) is 158 Å². The zero-order chi connectivity index (χ0) is 50.8. The van der Waals surface area contributed by atoms with Crippen molar-refractivity contribution in [2.24, 2.45) is 45.1 Å². The molecule has 380 valence electrons. The van der Waals surface area contributed by atoms with Crippen molar-refractivity contribution in [3.05, 3.63) is 0 Å². The van der Waals surface area contributed by atoms with Gasteiger partial charge in [-0.15, -0.1) is 0 Å². The first kappa shape index (κ1) is 58.8. The second kappa shape index (κ2) is 30.9. The average molecular weight is 956 g/mol. The van der Waals surface area contributed by atoms with Crippen LogP contribution in [0, 0.1) is 0 Å². The Labute approximate surface area is 389 Å². The fourth-order valence-electron chi connectivity index (χ4n) is 6.92. The van der Waals surface area contributed by atoms with Crippen molar-refractivity contribution in [3.8, 4) is 0 Å². The zero-order valence-corrected chi connectivity index (χ0v) is 38.3. The van der Waals surface area contributed by atoms with Gasteiger partial charge in [0.2, 0.25) is 53.2 Å². The lowest BCUT2D eigenvalue weighted by Crippen LogP contribution is -2.61. The molecule has 22 N–H and O–H groups in total. The maximum atomic E-state index is 14.3. The first-order valence-electron chi connectivity index (χ1n) is 22.4. The minimum Gasteiger partial charge on any atom is -0.480 e. The second-order valence-electron chi connectivity index (χ2n) is 16.4. The van der Waals surface area contributed by atoms with Gasteiger partial charge in [-0.25, -0.2) is 4.79 Å². The molecule has 0 aromatic heterocycles. The Kier molecular flexibility index (Phi) is 27.1. The van der Waals surface area contributed by atoms with Crippen molar-refractivity contribution in [1.82, 2.24) is 36.8 Å². The Morgan fingerprint density at radius 3 is 1.58 bits per heavy atom. The predicted molar refractivity (Wildman–Crippen MR) is 242 cm³/mol. The molecular weight excluding hydrogens is 883 g/mol. The predicted octanol–water partition coefficient (Wildman–Crippen LogP) is -6.46. The molecule has 0 saturated carbocycles. The Morgan fingerprint density at radius 1 is 0.612 bits per heavy atom. The Balaban J connectivity index is 3.44. The highest BCUT2D eigenvalue weighted by Gasteiger charge is 2.40. The van der Waals surface area contributed by atoms with Crippen LogP contribution >= 0.6 is 0 Å². The van der Waals surface area contributed by atoms with E-state index in [2.05, 4.69) is 36.9 Å². The molecule has 9 atom stereocenters. The van der Waals surface area contributed by atoms with Crippen LogP contribution in [0.4, 0.5) is 0 Å². The van der Waals surface area contributed by atoms with Crippen molar-refractivity contribution in [1.29, 1.82) is 0 Å². The SMILES string of the molecule is CC(N)C(=O)NC(CCCCN)C(=O)NC(C(=O)NC(CCCCN)C(=O)N1CCCC1C(=O)NC(CCCN=C(N)N)C(=O)NC(CCC(N)=O)C(=O)NC(CCC(N)=O)C(=O)O)C(C)O.